The lowest BCUT2D eigenvalue weighted by Crippen LogP contribution is -2.30. The molecule has 98 valence electrons. The minimum atomic E-state index is -0.956. The van der Waals surface area contributed by atoms with E-state index in [1.54, 1.807) is 12.0 Å². The van der Waals surface area contributed by atoms with E-state index in [9.17, 15) is 9.59 Å². The van der Waals surface area contributed by atoms with E-state index < -0.39 is 5.97 Å². The van der Waals surface area contributed by atoms with Crippen LogP contribution in [0.25, 0.3) is 0 Å². The number of rotatable bonds is 6. The van der Waals surface area contributed by atoms with Crippen LogP contribution in [0.4, 0.5) is 0 Å². The molecule has 0 aromatic rings. The van der Waals surface area contributed by atoms with Crippen molar-refractivity contribution in [2.24, 2.45) is 0 Å². The zero-order chi connectivity index (χ0) is 12.8. The van der Waals surface area contributed by atoms with Gasteiger partial charge in [0.05, 0.1) is 6.42 Å². The summed E-state index contributed by atoms with van der Waals surface area (Å²) in [5.41, 5.74) is 0. The van der Waals surface area contributed by atoms with Crippen molar-refractivity contribution < 1.29 is 24.2 Å². The Labute approximate surface area is 100 Å². The van der Waals surface area contributed by atoms with Crippen LogP contribution < -0.4 is 0 Å². The van der Waals surface area contributed by atoms with Crippen molar-refractivity contribution in [2.75, 3.05) is 26.8 Å². The lowest BCUT2D eigenvalue weighted by atomic mass is 10.2. The Morgan fingerprint density at radius 2 is 1.94 bits per heavy atom. The van der Waals surface area contributed by atoms with Gasteiger partial charge in [0.15, 0.2) is 0 Å². The Balaban J connectivity index is 2.45. The summed E-state index contributed by atoms with van der Waals surface area (Å²) in [4.78, 5) is 23.7. The van der Waals surface area contributed by atoms with Crippen LogP contribution in [0.3, 0.4) is 0 Å². The maximum atomic E-state index is 11.7. The number of aliphatic carboxylic acids is 1. The summed E-state index contributed by atoms with van der Waals surface area (Å²) >= 11 is 0. The first-order chi connectivity index (χ1) is 8.08. The summed E-state index contributed by atoms with van der Waals surface area (Å²) in [5.74, 6) is -1.11. The minimum Gasteiger partial charge on any atom is -0.481 e. The number of carboxylic acids is 1. The number of amides is 1. The molecule has 1 fully saturated rings. The highest BCUT2D eigenvalue weighted by molar-refractivity contribution is 5.81. The predicted octanol–water partition coefficient (Wildman–Crippen LogP) is 0.114. The van der Waals surface area contributed by atoms with Crippen molar-refractivity contribution >= 4 is 11.9 Å². The largest absolute Gasteiger partial charge is 0.481 e. The van der Waals surface area contributed by atoms with Gasteiger partial charge in [0.1, 0.15) is 12.2 Å². The van der Waals surface area contributed by atoms with Crippen LogP contribution >= 0.6 is 0 Å². The number of carboxylic acid groups (broad SMARTS) is 1. The van der Waals surface area contributed by atoms with Crippen molar-refractivity contribution in [3.8, 4) is 0 Å². The maximum absolute atomic E-state index is 11.7. The van der Waals surface area contributed by atoms with Gasteiger partial charge in [-0.2, -0.15) is 0 Å². The van der Waals surface area contributed by atoms with Gasteiger partial charge in [0.25, 0.3) is 0 Å². The monoisotopic (exact) mass is 245 g/mol. The second-order valence-corrected chi connectivity index (χ2v) is 3.96. The average molecular weight is 245 g/mol. The molecule has 6 nitrogen and oxygen atoms in total. The predicted molar refractivity (Wildman–Crippen MR) is 59.7 cm³/mol. The number of ether oxygens (including phenoxy) is 2. The zero-order valence-corrected chi connectivity index (χ0v) is 10.2. The molecule has 1 amide bonds. The van der Waals surface area contributed by atoms with Crippen LogP contribution in [0.1, 0.15) is 19.8 Å². The van der Waals surface area contributed by atoms with Crippen molar-refractivity contribution in [1.82, 2.24) is 4.90 Å². The molecule has 0 aromatic carbocycles. The standard InChI is InChI=1S/C11H19NO5/c1-3-17-9-7-12(6-8(9)16-2)10(13)4-5-11(14)15/h8-9H,3-7H2,1-2H3,(H,14,15)/t8-,9-/m1/s1. The molecule has 6 heteroatoms. The highest BCUT2D eigenvalue weighted by Crippen LogP contribution is 2.17. The molecule has 0 aliphatic carbocycles. The molecule has 17 heavy (non-hydrogen) atoms. The topological polar surface area (TPSA) is 76.1 Å². The molecule has 1 aliphatic heterocycles. The summed E-state index contributed by atoms with van der Waals surface area (Å²) in [5, 5.41) is 8.52. The van der Waals surface area contributed by atoms with E-state index in [0.29, 0.717) is 19.7 Å². The highest BCUT2D eigenvalue weighted by Gasteiger charge is 2.35. The van der Waals surface area contributed by atoms with E-state index in [4.69, 9.17) is 14.6 Å². The lowest BCUT2D eigenvalue weighted by molar-refractivity contribution is -0.140. The van der Waals surface area contributed by atoms with E-state index in [1.807, 2.05) is 6.92 Å². The quantitative estimate of drug-likeness (QED) is 0.719. The van der Waals surface area contributed by atoms with Crippen LogP contribution in [-0.2, 0) is 19.1 Å². The molecule has 0 spiro atoms. The first-order valence-corrected chi connectivity index (χ1v) is 5.72. The fraction of sp³-hybridized carbons (Fsp3) is 0.818. The molecular weight excluding hydrogens is 226 g/mol. The molecule has 1 heterocycles. The number of carbonyl (C=O) groups excluding carboxylic acids is 1. The Hall–Kier alpha value is -1.14. The SMILES string of the molecule is CCO[C@@H]1CN(C(=O)CCC(=O)O)C[C@H]1OC. The first kappa shape index (κ1) is 13.9. The molecule has 1 aliphatic rings. The van der Waals surface area contributed by atoms with Crippen LogP contribution in [0.5, 0.6) is 0 Å². The Morgan fingerprint density at radius 1 is 1.29 bits per heavy atom. The van der Waals surface area contributed by atoms with Crippen LogP contribution in [0.2, 0.25) is 0 Å². The van der Waals surface area contributed by atoms with E-state index in [0.717, 1.165) is 0 Å². The number of methoxy groups -OCH3 is 1. The number of hydrogen-bond donors (Lipinski definition) is 1. The third-order valence-electron chi connectivity index (χ3n) is 2.80. The van der Waals surface area contributed by atoms with Crippen LogP contribution in [-0.4, -0.2) is 60.9 Å². The Bertz CT molecular complexity index is 281. The molecule has 0 bridgehead atoms. The molecule has 2 atom stereocenters. The van der Waals surface area contributed by atoms with Crippen LogP contribution in [0.15, 0.2) is 0 Å². The fourth-order valence-electron chi connectivity index (χ4n) is 1.92. The van der Waals surface area contributed by atoms with E-state index in [1.165, 1.54) is 0 Å². The van der Waals surface area contributed by atoms with Gasteiger partial charge in [0.2, 0.25) is 5.91 Å². The number of carbonyl (C=O) groups is 2. The molecular formula is C11H19NO5. The maximum Gasteiger partial charge on any atom is 0.303 e. The van der Waals surface area contributed by atoms with E-state index in [2.05, 4.69) is 0 Å². The normalized spacial score (nSPS) is 24.0. The summed E-state index contributed by atoms with van der Waals surface area (Å²) < 4.78 is 10.7. The van der Waals surface area contributed by atoms with Crippen molar-refractivity contribution in [3.05, 3.63) is 0 Å². The molecule has 1 N–H and O–H groups in total. The summed E-state index contributed by atoms with van der Waals surface area (Å²) in [7, 11) is 1.59. The molecule has 1 rings (SSSR count). The van der Waals surface area contributed by atoms with Crippen molar-refractivity contribution in [1.29, 1.82) is 0 Å². The van der Waals surface area contributed by atoms with Gasteiger partial charge in [-0.1, -0.05) is 0 Å². The Kier molecular flexibility index (Phi) is 5.37. The highest BCUT2D eigenvalue weighted by atomic mass is 16.5. The van der Waals surface area contributed by atoms with Gasteiger partial charge in [-0.15, -0.1) is 0 Å². The molecule has 0 unspecified atom stereocenters. The minimum absolute atomic E-state index is 0.0324. The van der Waals surface area contributed by atoms with Gasteiger partial charge in [-0.25, -0.2) is 0 Å². The van der Waals surface area contributed by atoms with Crippen LogP contribution in [0, 0.1) is 0 Å². The molecule has 1 saturated heterocycles. The average Bonchev–Trinajstić information content (AvgIpc) is 2.69. The molecule has 0 aromatic heterocycles. The second-order valence-electron chi connectivity index (χ2n) is 3.96. The van der Waals surface area contributed by atoms with Crippen molar-refractivity contribution in [2.45, 2.75) is 32.0 Å². The lowest BCUT2D eigenvalue weighted by Gasteiger charge is -2.15. The fourth-order valence-corrected chi connectivity index (χ4v) is 1.92. The van der Waals surface area contributed by atoms with Crippen molar-refractivity contribution in [3.63, 3.8) is 0 Å². The van der Waals surface area contributed by atoms with E-state index >= 15 is 0 Å². The Morgan fingerprint density at radius 3 is 2.47 bits per heavy atom. The van der Waals surface area contributed by atoms with Gasteiger partial charge in [-0.3, -0.25) is 9.59 Å². The number of likely N-dealkylation sites (tertiary alicyclic amines) is 1. The molecule has 0 radical (unpaired) electrons. The molecule has 0 saturated carbocycles. The number of nitrogens with zero attached hydrogens (tertiary/aromatic N) is 1. The number of hydrogen-bond acceptors (Lipinski definition) is 4. The smallest absolute Gasteiger partial charge is 0.303 e. The second kappa shape index (κ2) is 6.56. The first-order valence-electron chi connectivity index (χ1n) is 5.72. The van der Waals surface area contributed by atoms with Gasteiger partial charge < -0.3 is 19.5 Å². The van der Waals surface area contributed by atoms with Gasteiger partial charge in [0, 0.05) is 33.2 Å². The summed E-state index contributed by atoms with van der Waals surface area (Å²) in [6.07, 6.45) is -0.334. The van der Waals surface area contributed by atoms with E-state index in [-0.39, 0.29) is 31.0 Å². The third kappa shape index (κ3) is 3.98. The summed E-state index contributed by atoms with van der Waals surface area (Å²) in [6.45, 7) is 3.41. The van der Waals surface area contributed by atoms with Gasteiger partial charge in [-0.05, 0) is 6.92 Å². The summed E-state index contributed by atoms with van der Waals surface area (Å²) in [6, 6.07) is 0. The zero-order valence-electron chi connectivity index (χ0n) is 10.2. The van der Waals surface area contributed by atoms with Gasteiger partial charge >= 0.3 is 5.97 Å². The third-order valence-corrected chi connectivity index (χ3v) is 2.80.